The van der Waals surface area contributed by atoms with Gasteiger partial charge in [-0.1, -0.05) is 34.8 Å². The van der Waals surface area contributed by atoms with Crippen LogP contribution in [0.3, 0.4) is 0 Å². The number of hydrogen-bond donors (Lipinski definition) is 3. The molecule has 1 amide bonds. The summed E-state index contributed by atoms with van der Waals surface area (Å²) in [6.07, 6.45) is 0.227. The van der Waals surface area contributed by atoms with Crippen molar-refractivity contribution in [1.29, 1.82) is 0 Å². The van der Waals surface area contributed by atoms with Crippen molar-refractivity contribution in [3.8, 4) is 0 Å². The van der Waals surface area contributed by atoms with E-state index in [1.165, 1.54) is 19.3 Å². The fourth-order valence-corrected chi connectivity index (χ4v) is 2.46. The first kappa shape index (κ1) is 20.5. The van der Waals surface area contributed by atoms with Crippen LogP contribution in [0.15, 0.2) is 47.1 Å². The van der Waals surface area contributed by atoms with E-state index in [9.17, 15) is 9.59 Å². The monoisotopic (exact) mass is 433 g/mol. The first-order chi connectivity index (χ1) is 12.2. The van der Waals surface area contributed by atoms with Crippen LogP contribution in [0.1, 0.15) is 27.8 Å². The maximum atomic E-state index is 12.1. The summed E-state index contributed by atoms with van der Waals surface area (Å²) in [6.45, 7) is 1.47. The molecule has 10 heteroatoms. The summed E-state index contributed by atoms with van der Waals surface area (Å²) in [5.74, 6) is -0.564. The van der Waals surface area contributed by atoms with Gasteiger partial charge in [0.2, 0.25) is 3.79 Å². The molecule has 2 aromatic rings. The zero-order valence-corrected chi connectivity index (χ0v) is 16.5. The van der Waals surface area contributed by atoms with E-state index in [1.807, 2.05) is 0 Å². The highest BCUT2D eigenvalue weighted by Crippen LogP contribution is 2.29. The SMILES string of the molecule is CC(=O)c1ccc(NC(=S)N[C@@H](NC(=O)c2ccco2)C(Cl)(Cl)Cl)cc1. The average Bonchev–Trinajstić information content (AvgIpc) is 3.08. The summed E-state index contributed by atoms with van der Waals surface area (Å²) >= 11 is 22.9. The number of carbonyl (C=O) groups excluding carboxylic acids is 2. The third-order valence-electron chi connectivity index (χ3n) is 3.17. The molecule has 138 valence electrons. The third kappa shape index (κ3) is 5.88. The third-order valence-corrected chi connectivity index (χ3v) is 4.05. The Morgan fingerprint density at radius 2 is 1.77 bits per heavy atom. The summed E-state index contributed by atoms with van der Waals surface area (Å²) in [5, 5.41) is 8.19. The van der Waals surface area contributed by atoms with Gasteiger partial charge in [-0.2, -0.15) is 0 Å². The minimum absolute atomic E-state index is 0.0471. The van der Waals surface area contributed by atoms with Crippen molar-refractivity contribution in [1.82, 2.24) is 10.6 Å². The molecule has 6 nitrogen and oxygen atoms in total. The second-order valence-corrected chi connectivity index (χ2v) is 7.93. The van der Waals surface area contributed by atoms with E-state index in [4.69, 9.17) is 51.4 Å². The molecule has 0 aliphatic heterocycles. The van der Waals surface area contributed by atoms with E-state index in [0.717, 1.165) is 0 Å². The molecule has 26 heavy (non-hydrogen) atoms. The maximum Gasteiger partial charge on any atom is 0.288 e. The largest absolute Gasteiger partial charge is 0.459 e. The highest BCUT2D eigenvalue weighted by molar-refractivity contribution is 7.80. The number of amides is 1. The maximum absolute atomic E-state index is 12.1. The number of carbonyl (C=O) groups is 2. The van der Waals surface area contributed by atoms with Crippen molar-refractivity contribution in [2.24, 2.45) is 0 Å². The predicted octanol–water partition coefficient (Wildman–Crippen LogP) is 3.89. The summed E-state index contributed by atoms with van der Waals surface area (Å²) in [7, 11) is 0. The van der Waals surface area contributed by atoms with Crippen LogP contribution in [0.5, 0.6) is 0 Å². The summed E-state index contributed by atoms with van der Waals surface area (Å²) in [4.78, 5) is 23.4. The molecule has 1 atom stereocenters. The number of nitrogens with one attached hydrogen (secondary N) is 3. The van der Waals surface area contributed by atoms with E-state index in [1.54, 1.807) is 30.3 Å². The number of halogens is 3. The van der Waals surface area contributed by atoms with Gasteiger partial charge < -0.3 is 20.4 Å². The second-order valence-electron chi connectivity index (χ2n) is 5.16. The second kappa shape index (κ2) is 8.73. The van der Waals surface area contributed by atoms with E-state index in [-0.39, 0.29) is 16.7 Å². The molecular formula is C16H14Cl3N3O3S. The number of alkyl halides is 3. The molecule has 0 radical (unpaired) electrons. The number of furan rings is 1. The standard InChI is InChI=1S/C16H14Cl3N3O3S/c1-9(23)10-4-6-11(7-5-10)20-15(26)22-14(16(17,18)19)21-13(24)12-3-2-8-25-12/h2-8,14H,1H3,(H,21,24)(H2,20,22,26)/t14-/m1/s1. The van der Waals surface area contributed by atoms with Gasteiger partial charge in [0.05, 0.1) is 6.26 Å². The average molecular weight is 435 g/mol. The summed E-state index contributed by atoms with van der Waals surface area (Å²) in [5.41, 5.74) is 1.19. The highest BCUT2D eigenvalue weighted by atomic mass is 35.6. The lowest BCUT2D eigenvalue weighted by Gasteiger charge is -2.27. The Hall–Kier alpha value is -1.80. The summed E-state index contributed by atoms with van der Waals surface area (Å²) in [6, 6.07) is 9.69. The quantitative estimate of drug-likeness (QED) is 0.286. The van der Waals surface area contributed by atoms with E-state index in [0.29, 0.717) is 11.3 Å². The molecule has 0 saturated heterocycles. The van der Waals surface area contributed by atoms with Gasteiger partial charge >= 0.3 is 0 Å². The van der Waals surface area contributed by atoms with Crippen LogP contribution < -0.4 is 16.0 Å². The van der Waals surface area contributed by atoms with Crippen molar-refractivity contribution in [3.05, 3.63) is 54.0 Å². The molecule has 0 aliphatic rings. The van der Waals surface area contributed by atoms with Crippen molar-refractivity contribution < 1.29 is 14.0 Å². The van der Waals surface area contributed by atoms with Crippen LogP contribution >= 0.6 is 47.0 Å². The van der Waals surface area contributed by atoms with Crippen molar-refractivity contribution >= 4 is 69.5 Å². The first-order valence-corrected chi connectivity index (χ1v) is 8.80. The van der Waals surface area contributed by atoms with Gasteiger partial charge in [-0.25, -0.2) is 0 Å². The molecule has 2 rings (SSSR count). The zero-order chi connectivity index (χ0) is 19.3. The van der Waals surface area contributed by atoms with Crippen LogP contribution in [0.4, 0.5) is 5.69 Å². The molecule has 0 fully saturated rings. The Morgan fingerprint density at radius 1 is 1.12 bits per heavy atom. The van der Waals surface area contributed by atoms with Crippen LogP contribution in [0.25, 0.3) is 0 Å². The van der Waals surface area contributed by atoms with Crippen LogP contribution in [-0.4, -0.2) is 26.8 Å². The zero-order valence-electron chi connectivity index (χ0n) is 13.4. The van der Waals surface area contributed by atoms with Gasteiger partial charge in [0.1, 0.15) is 6.17 Å². The lowest BCUT2D eigenvalue weighted by molar-refractivity contribution is 0.0906. The van der Waals surface area contributed by atoms with Crippen LogP contribution in [0, 0.1) is 0 Å². The Labute approximate surface area is 170 Å². The van der Waals surface area contributed by atoms with Crippen LogP contribution in [-0.2, 0) is 0 Å². The van der Waals surface area contributed by atoms with Gasteiger partial charge in [-0.15, -0.1) is 0 Å². The topological polar surface area (TPSA) is 83.4 Å². The van der Waals surface area contributed by atoms with Gasteiger partial charge in [-0.05, 0) is 55.5 Å². The predicted molar refractivity (Wildman–Crippen MR) is 106 cm³/mol. The normalized spacial score (nSPS) is 12.2. The van der Waals surface area contributed by atoms with Gasteiger partial charge in [0.25, 0.3) is 5.91 Å². The van der Waals surface area contributed by atoms with Crippen molar-refractivity contribution in [2.75, 3.05) is 5.32 Å². The first-order valence-electron chi connectivity index (χ1n) is 7.26. The Bertz CT molecular complexity index is 789. The number of benzene rings is 1. The molecule has 1 heterocycles. The van der Waals surface area contributed by atoms with E-state index < -0.39 is 15.9 Å². The molecule has 0 aliphatic carbocycles. The van der Waals surface area contributed by atoms with Gasteiger partial charge in [-0.3, -0.25) is 9.59 Å². The Balaban J connectivity index is 2.02. The molecule has 0 saturated carbocycles. The Morgan fingerprint density at radius 3 is 2.27 bits per heavy atom. The number of thiocarbonyl (C=S) groups is 1. The molecule has 3 N–H and O–H groups in total. The minimum atomic E-state index is -1.88. The van der Waals surface area contributed by atoms with Crippen LogP contribution in [0.2, 0.25) is 0 Å². The summed E-state index contributed by atoms with van der Waals surface area (Å²) < 4.78 is 3.11. The lowest BCUT2D eigenvalue weighted by Crippen LogP contribution is -2.56. The number of Topliss-reactive ketones (excluding diaryl/α,β-unsaturated/α-hetero) is 1. The minimum Gasteiger partial charge on any atom is -0.459 e. The molecular weight excluding hydrogens is 421 g/mol. The molecule has 0 spiro atoms. The van der Waals surface area contributed by atoms with Gasteiger partial charge in [0.15, 0.2) is 16.7 Å². The number of rotatable bonds is 5. The van der Waals surface area contributed by atoms with Crippen molar-refractivity contribution in [2.45, 2.75) is 16.9 Å². The Kier molecular flexibility index (Phi) is 6.88. The van der Waals surface area contributed by atoms with Gasteiger partial charge in [0, 0.05) is 11.3 Å². The number of anilines is 1. The van der Waals surface area contributed by atoms with Crippen molar-refractivity contribution in [3.63, 3.8) is 0 Å². The fraction of sp³-hybridized carbons (Fsp3) is 0.188. The number of hydrogen-bond acceptors (Lipinski definition) is 4. The van der Waals surface area contributed by atoms with E-state index in [2.05, 4.69) is 16.0 Å². The number of ketones is 1. The highest BCUT2D eigenvalue weighted by Gasteiger charge is 2.35. The molecule has 0 bridgehead atoms. The molecule has 0 unspecified atom stereocenters. The molecule has 1 aromatic carbocycles. The smallest absolute Gasteiger partial charge is 0.288 e. The van der Waals surface area contributed by atoms with E-state index >= 15 is 0 Å². The lowest BCUT2D eigenvalue weighted by atomic mass is 10.1. The fourth-order valence-electron chi connectivity index (χ4n) is 1.90. The molecule has 1 aromatic heterocycles.